The van der Waals surface area contributed by atoms with Gasteiger partial charge in [0.25, 0.3) is 10.0 Å². The number of aromatic nitrogens is 2. The molecule has 0 spiro atoms. The number of fused-ring (bicyclic) bond motifs is 3. The minimum absolute atomic E-state index is 0.0609. The van der Waals surface area contributed by atoms with Gasteiger partial charge >= 0.3 is 0 Å². The largest absolute Gasteiger partial charge is 0.495 e. The second kappa shape index (κ2) is 8.79. The van der Waals surface area contributed by atoms with Crippen LogP contribution < -0.4 is 14.4 Å². The smallest absolute Gasteiger partial charge is 0.268 e. The maximum atomic E-state index is 13.0. The predicted octanol–water partition coefficient (Wildman–Crippen LogP) is 3.72. The van der Waals surface area contributed by atoms with Crippen LogP contribution in [0.15, 0.2) is 58.7 Å². The lowest BCUT2D eigenvalue weighted by Crippen LogP contribution is -2.34. The molecule has 32 heavy (non-hydrogen) atoms. The molecule has 2 heterocycles. The fraction of sp³-hybridized carbons (Fsp3) is 0.227. The van der Waals surface area contributed by atoms with E-state index in [1.807, 2.05) is 31.2 Å². The Hall–Kier alpha value is -3.11. The number of ether oxygens (including phenoxy) is 1. The highest BCUT2D eigenvalue weighted by molar-refractivity contribution is 7.99. The van der Waals surface area contributed by atoms with Gasteiger partial charge in [0.2, 0.25) is 5.91 Å². The summed E-state index contributed by atoms with van der Waals surface area (Å²) in [5.74, 6) is 0.387. The zero-order valence-corrected chi connectivity index (χ0v) is 19.5. The number of rotatable bonds is 6. The zero-order valence-electron chi connectivity index (χ0n) is 17.8. The number of anilines is 2. The van der Waals surface area contributed by atoms with Gasteiger partial charge in [-0.1, -0.05) is 36.0 Å². The molecule has 1 aromatic heterocycles. The van der Waals surface area contributed by atoms with Gasteiger partial charge in [-0.3, -0.25) is 9.10 Å². The summed E-state index contributed by atoms with van der Waals surface area (Å²) >= 11 is 1.14. The first-order valence-corrected chi connectivity index (χ1v) is 12.3. The van der Waals surface area contributed by atoms with Crippen LogP contribution in [0.3, 0.4) is 0 Å². The van der Waals surface area contributed by atoms with Crippen LogP contribution in [-0.4, -0.2) is 43.7 Å². The standard InChI is InChI=1S/C22H22N4O4S2/c1-4-26-17-8-6-5-7-15(17)21-19(32(26,28)29)12-23-22(25-21)31-13-20(27)24-16-11-14(2)9-10-18(16)30-3/h5-12H,4,13H2,1-3H3,(H,24,27). The average molecular weight is 471 g/mol. The van der Waals surface area contributed by atoms with E-state index in [0.29, 0.717) is 34.5 Å². The van der Waals surface area contributed by atoms with Gasteiger partial charge in [-0.25, -0.2) is 18.4 Å². The van der Waals surface area contributed by atoms with Gasteiger partial charge in [-0.15, -0.1) is 0 Å². The molecule has 3 aromatic rings. The summed E-state index contributed by atoms with van der Waals surface area (Å²) in [6.45, 7) is 4.01. The van der Waals surface area contributed by atoms with Crippen LogP contribution in [0.2, 0.25) is 0 Å². The van der Waals surface area contributed by atoms with Gasteiger partial charge < -0.3 is 10.1 Å². The van der Waals surface area contributed by atoms with E-state index in [4.69, 9.17) is 4.74 Å². The number of nitrogens with zero attached hydrogens (tertiary/aromatic N) is 3. The second-order valence-corrected chi connectivity index (χ2v) is 9.87. The van der Waals surface area contributed by atoms with E-state index < -0.39 is 10.0 Å². The molecule has 2 aromatic carbocycles. The van der Waals surface area contributed by atoms with E-state index in [-0.39, 0.29) is 16.6 Å². The molecule has 0 unspecified atom stereocenters. The van der Waals surface area contributed by atoms with Gasteiger partial charge in [0.15, 0.2) is 5.16 Å². The van der Waals surface area contributed by atoms with E-state index in [2.05, 4.69) is 15.3 Å². The Morgan fingerprint density at radius 2 is 2.00 bits per heavy atom. The topological polar surface area (TPSA) is 101 Å². The number of aryl methyl sites for hydroxylation is 1. The molecule has 0 saturated heterocycles. The Labute approximate surface area is 191 Å². The van der Waals surface area contributed by atoms with Crippen molar-refractivity contribution in [2.45, 2.75) is 23.9 Å². The molecule has 166 valence electrons. The van der Waals surface area contributed by atoms with Crippen LogP contribution in [0.25, 0.3) is 11.3 Å². The van der Waals surface area contributed by atoms with Crippen molar-refractivity contribution < 1.29 is 17.9 Å². The minimum Gasteiger partial charge on any atom is -0.495 e. The number of amides is 1. The van der Waals surface area contributed by atoms with Crippen LogP contribution in [-0.2, 0) is 14.8 Å². The molecule has 0 saturated carbocycles. The van der Waals surface area contributed by atoms with Crippen LogP contribution >= 0.6 is 11.8 Å². The van der Waals surface area contributed by atoms with Crippen LogP contribution in [0.5, 0.6) is 5.75 Å². The van der Waals surface area contributed by atoms with Gasteiger partial charge in [-0.05, 0) is 37.6 Å². The molecular weight excluding hydrogens is 448 g/mol. The van der Waals surface area contributed by atoms with Crippen molar-refractivity contribution in [1.82, 2.24) is 9.97 Å². The van der Waals surface area contributed by atoms with Crippen molar-refractivity contribution in [3.8, 4) is 17.0 Å². The Morgan fingerprint density at radius 3 is 2.75 bits per heavy atom. The highest BCUT2D eigenvalue weighted by atomic mass is 32.2. The Balaban J connectivity index is 1.57. The lowest BCUT2D eigenvalue weighted by atomic mass is 10.1. The maximum absolute atomic E-state index is 13.0. The molecule has 4 rings (SSSR count). The number of para-hydroxylation sites is 1. The van der Waals surface area contributed by atoms with Crippen molar-refractivity contribution in [1.29, 1.82) is 0 Å². The first-order chi connectivity index (χ1) is 15.3. The van der Waals surface area contributed by atoms with E-state index in [0.717, 1.165) is 22.9 Å². The first kappa shape index (κ1) is 22.1. The molecular formula is C22H22N4O4S2. The van der Waals surface area contributed by atoms with E-state index in [1.165, 1.54) is 10.5 Å². The third-order valence-electron chi connectivity index (χ3n) is 4.98. The van der Waals surface area contributed by atoms with E-state index >= 15 is 0 Å². The van der Waals surface area contributed by atoms with E-state index in [1.54, 1.807) is 32.2 Å². The highest BCUT2D eigenvalue weighted by Gasteiger charge is 2.35. The fourth-order valence-electron chi connectivity index (χ4n) is 3.52. The normalized spacial score (nSPS) is 13.8. The van der Waals surface area contributed by atoms with Crippen LogP contribution in [0.4, 0.5) is 11.4 Å². The third kappa shape index (κ3) is 4.03. The number of thioether (sulfide) groups is 1. The number of nitrogens with one attached hydrogen (secondary N) is 1. The summed E-state index contributed by atoms with van der Waals surface area (Å²) in [5.41, 5.74) is 3.24. The maximum Gasteiger partial charge on any atom is 0.268 e. The number of sulfonamides is 1. The van der Waals surface area contributed by atoms with Crippen molar-refractivity contribution >= 4 is 39.1 Å². The summed E-state index contributed by atoms with van der Waals surface area (Å²) < 4.78 is 32.7. The Bertz CT molecular complexity index is 1290. The number of hydrogen-bond donors (Lipinski definition) is 1. The van der Waals surface area contributed by atoms with Gasteiger partial charge in [0.05, 0.1) is 36.1 Å². The third-order valence-corrected chi connectivity index (χ3v) is 7.73. The zero-order chi connectivity index (χ0) is 22.9. The molecule has 10 heteroatoms. The summed E-state index contributed by atoms with van der Waals surface area (Å²) in [7, 11) is -2.20. The number of carbonyl (C=O) groups is 1. The fourth-order valence-corrected chi connectivity index (χ4v) is 5.72. The van der Waals surface area contributed by atoms with Gasteiger partial charge in [0, 0.05) is 12.1 Å². The molecule has 0 aliphatic carbocycles. The van der Waals surface area contributed by atoms with Crippen molar-refractivity contribution in [3.05, 3.63) is 54.2 Å². The van der Waals surface area contributed by atoms with Crippen molar-refractivity contribution in [3.63, 3.8) is 0 Å². The van der Waals surface area contributed by atoms with Crippen molar-refractivity contribution in [2.24, 2.45) is 0 Å². The summed E-state index contributed by atoms with van der Waals surface area (Å²) in [4.78, 5) is 21.2. The quantitative estimate of drug-likeness (QED) is 0.433. The Morgan fingerprint density at radius 1 is 1.22 bits per heavy atom. The Kier molecular flexibility index (Phi) is 6.07. The SMILES string of the molecule is CCN1c2ccccc2-c2nc(SCC(=O)Nc3cc(C)ccc3OC)ncc2S1(=O)=O. The number of benzene rings is 2. The molecule has 0 fully saturated rings. The van der Waals surface area contributed by atoms with E-state index in [9.17, 15) is 13.2 Å². The number of methoxy groups -OCH3 is 1. The molecule has 0 radical (unpaired) electrons. The monoisotopic (exact) mass is 470 g/mol. The number of carbonyl (C=O) groups excluding carboxylic acids is 1. The van der Waals surface area contributed by atoms with Crippen LogP contribution in [0, 0.1) is 6.92 Å². The minimum atomic E-state index is -3.74. The molecule has 1 aliphatic heterocycles. The van der Waals surface area contributed by atoms with Crippen LogP contribution in [0.1, 0.15) is 12.5 Å². The molecule has 8 nitrogen and oxygen atoms in total. The lowest BCUT2D eigenvalue weighted by Gasteiger charge is -2.30. The van der Waals surface area contributed by atoms with Crippen molar-refractivity contribution in [2.75, 3.05) is 29.0 Å². The number of hydrogen-bond acceptors (Lipinski definition) is 7. The highest BCUT2D eigenvalue weighted by Crippen LogP contribution is 2.41. The summed E-state index contributed by atoms with van der Waals surface area (Å²) in [6, 6.07) is 12.8. The van der Waals surface area contributed by atoms with Gasteiger partial charge in [-0.2, -0.15) is 0 Å². The summed E-state index contributed by atoms with van der Waals surface area (Å²) in [5, 5.41) is 3.16. The molecule has 1 amide bonds. The summed E-state index contributed by atoms with van der Waals surface area (Å²) in [6.07, 6.45) is 1.32. The average Bonchev–Trinajstić information content (AvgIpc) is 2.78. The second-order valence-electron chi connectivity index (χ2n) is 7.09. The first-order valence-electron chi connectivity index (χ1n) is 9.91. The molecule has 0 atom stereocenters. The lowest BCUT2D eigenvalue weighted by molar-refractivity contribution is -0.113. The molecule has 1 aliphatic rings. The molecule has 1 N–H and O–H groups in total. The predicted molar refractivity (Wildman–Crippen MR) is 125 cm³/mol. The van der Waals surface area contributed by atoms with Gasteiger partial charge in [0.1, 0.15) is 10.6 Å². The molecule has 0 bridgehead atoms.